The molecule has 1 aromatic heterocycles. The van der Waals surface area contributed by atoms with Crippen molar-refractivity contribution in [3.8, 4) is 0 Å². The summed E-state index contributed by atoms with van der Waals surface area (Å²) in [6.07, 6.45) is 1.25. The van der Waals surface area contributed by atoms with Crippen molar-refractivity contribution in [3.63, 3.8) is 0 Å². The number of carbonyl (C=O) groups excluding carboxylic acids is 1. The van der Waals surface area contributed by atoms with Crippen molar-refractivity contribution in [3.05, 3.63) is 33.1 Å². The molecule has 0 radical (unpaired) electrons. The molecule has 21 heavy (non-hydrogen) atoms. The number of hydrogen-bond donors (Lipinski definition) is 2. The number of H-pyrrole nitrogens is 1. The lowest BCUT2D eigenvalue weighted by molar-refractivity contribution is -0.173. The fourth-order valence-electron chi connectivity index (χ4n) is 2.08. The smallest absolute Gasteiger partial charge is 0.329 e. The zero-order valence-electron chi connectivity index (χ0n) is 11.4. The summed E-state index contributed by atoms with van der Waals surface area (Å²) < 4.78 is 6.28. The number of carboxylic acids is 1. The highest BCUT2D eigenvalue weighted by Crippen LogP contribution is 2.24. The third-order valence-corrected chi connectivity index (χ3v) is 3.15. The molecule has 1 aliphatic rings. The second-order valence-corrected chi connectivity index (χ2v) is 5.12. The highest BCUT2D eigenvalue weighted by molar-refractivity contribution is 5.77. The molecule has 2 N–H and O–H groups in total. The van der Waals surface area contributed by atoms with Crippen LogP contribution in [0.1, 0.15) is 6.92 Å². The molecular formula is C12H15N3O6. The molecule has 1 amide bonds. The predicted octanol–water partition coefficient (Wildman–Crippen LogP) is -1.76. The number of aromatic amines is 1. The van der Waals surface area contributed by atoms with Crippen molar-refractivity contribution in [1.82, 2.24) is 14.5 Å². The van der Waals surface area contributed by atoms with Gasteiger partial charge in [-0.2, -0.15) is 0 Å². The molecule has 1 aromatic rings. The maximum absolute atomic E-state index is 12.0. The van der Waals surface area contributed by atoms with Gasteiger partial charge in [-0.25, -0.2) is 9.59 Å². The van der Waals surface area contributed by atoms with Gasteiger partial charge in [0.2, 0.25) is 5.91 Å². The fraction of sp³-hybridized carbons (Fsp3) is 0.500. The lowest BCUT2D eigenvalue weighted by Crippen LogP contribution is -2.64. The average molecular weight is 297 g/mol. The van der Waals surface area contributed by atoms with E-state index in [0.717, 1.165) is 10.6 Å². The van der Waals surface area contributed by atoms with Crippen LogP contribution in [0.3, 0.4) is 0 Å². The van der Waals surface area contributed by atoms with Gasteiger partial charge in [-0.05, 0) is 6.92 Å². The van der Waals surface area contributed by atoms with Crippen LogP contribution in [0.4, 0.5) is 0 Å². The van der Waals surface area contributed by atoms with E-state index in [2.05, 4.69) is 4.98 Å². The number of aliphatic carboxylic acids is 1. The maximum Gasteiger partial charge on any atom is 0.329 e. The molecule has 0 atom stereocenters. The number of hydrogen-bond acceptors (Lipinski definition) is 5. The maximum atomic E-state index is 12.0. The minimum atomic E-state index is -1.07. The van der Waals surface area contributed by atoms with Crippen molar-refractivity contribution in [2.24, 2.45) is 0 Å². The Hall–Kier alpha value is -2.42. The Kier molecular flexibility index (Phi) is 3.94. The summed E-state index contributed by atoms with van der Waals surface area (Å²) in [5, 5.41) is 8.55. The predicted molar refractivity (Wildman–Crippen MR) is 69.9 cm³/mol. The monoisotopic (exact) mass is 297 g/mol. The molecule has 0 unspecified atom stereocenters. The molecule has 9 nitrogen and oxygen atoms in total. The Morgan fingerprint density at radius 2 is 2.10 bits per heavy atom. The van der Waals surface area contributed by atoms with E-state index >= 15 is 0 Å². The minimum Gasteiger partial charge on any atom is -0.480 e. The van der Waals surface area contributed by atoms with Crippen molar-refractivity contribution < 1.29 is 19.4 Å². The molecule has 0 bridgehead atoms. The standard InChI is InChI=1S/C12H15N3O6/c1-12(21-5-10(18)19)6-15(7-12)9(17)4-14-3-2-8(16)13-11(14)20/h2-3H,4-7H2,1H3,(H,18,19)(H,13,16,20). The normalized spacial score (nSPS) is 16.3. The molecule has 1 aliphatic heterocycles. The van der Waals surface area contributed by atoms with E-state index in [0.29, 0.717) is 0 Å². The quantitative estimate of drug-likeness (QED) is 0.664. The minimum absolute atomic E-state index is 0.190. The van der Waals surface area contributed by atoms with Crippen LogP contribution in [0, 0.1) is 0 Å². The lowest BCUT2D eigenvalue weighted by Gasteiger charge is -2.47. The Balaban J connectivity index is 1.90. The fourth-order valence-corrected chi connectivity index (χ4v) is 2.08. The number of likely N-dealkylation sites (tertiary alicyclic amines) is 1. The number of rotatable bonds is 5. The van der Waals surface area contributed by atoms with Gasteiger partial charge < -0.3 is 14.7 Å². The average Bonchev–Trinajstić information content (AvgIpc) is 2.36. The second kappa shape index (κ2) is 5.52. The molecule has 2 heterocycles. The Morgan fingerprint density at radius 1 is 1.43 bits per heavy atom. The topological polar surface area (TPSA) is 122 Å². The zero-order valence-corrected chi connectivity index (χ0v) is 11.4. The Bertz CT molecular complexity index is 670. The van der Waals surface area contributed by atoms with Crippen molar-refractivity contribution in [1.29, 1.82) is 0 Å². The van der Waals surface area contributed by atoms with Crippen LogP contribution in [0.15, 0.2) is 21.9 Å². The number of amides is 1. The number of aromatic nitrogens is 2. The number of carboxylic acid groups (broad SMARTS) is 1. The molecule has 0 saturated carbocycles. The summed E-state index contributed by atoms with van der Waals surface area (Å²) in [7, 11) is 0. The van der Waals surface area contributed by atoms with E-state index in [1.807, 2.05) is 0 Å². The number of nitrogens with zero attached hydrogens (tertiary/aromatic N) is 2. The van der Waals surface area contributed by atoms with Gasteiger partial charge in [0.25, 0.3) is 5.56 Å². The van der Waals surface area contributed by atoms with Gasteiger partial charge in [0.05, 0.1) is 13.1 Å². The largest absolute Gasteiger partial charge is 0.480 e. The Labute approximate surface area is 118 Å². The highest BCUT2D eigenvalue weighted by atomic mass is 16.5. The first kappa shape index (κ1) is 15.0. The van der Waals surface area contributed by atoms with Crippen LogP contribution in [-0.4, -0.2) is 56.7 Å². The van der Waals surface area contributed by atoms with Crippen LogP contribution < -0.4 is 11.2 Å². The van der Waals surface area contributed by atoms with Crippen molar-refractivity contribution in [2.75, 3.05) is 19.7 Å². The number of carbonyl (C=O) groups is 2. The summed E-state index contributed by atoms with van der Waals surface area (Å²) in [6, 6.07) is 1.16. The molecule has 1 fully saturated rings. The van der Waals surface area contributed by atoms with Crippen molar-refractivity contribution in [2.45, 2.75) is 19.1 Å². The molecule has 0 spiro atoms. The molecular weight excluding hydrogens is 282 g/mol. The molecule has 0 aliphatic carbocycles. The van der Waals surface area contributed by atoms with Gasteiger partial charge >= 0.3 is 11.7 Å². The van der Waals surface area contributed by atoms with E-state index in [-0.39, 0.29) is 25.5 Å². The van der Waals surface area contributed by atoms with E-state index in [4.69, 9.17) is 9.84 Å². The van der Waals surface area contributed by atoms with Gasteiger partial charge in [0.1, 0.15) is 18.8 Å². The van der Waals surface area contributed by atoms with E-state index < -0.39 is 29.4 Å². The molecule has 9 heteroatoms. The SMILES string of the molecule is CC1(OCC(=O)O)CN(C(=O)Cn2ccc(=O)[nH]c2=O)C1. The van der Waals surface area contributed by atoms with Gasteiger partial charge in [-0.3, -0.25) is 19.1 Å². The van der Waals surface area contributed by atoms with Crippen molar-refractivity contribution >= 4 is 11.9 Å². The summed E-state index contributed by atoms with van der Waals surface area (Å²) in [4.78, 5) is 48.3. The van der Waals surface area contributed by atoms with Crippen LogP contribution in [0.2, 0.25) is 0 Å². The van der Waals surface area contributed by atoms with E-state index in [1.165, 1.54) is 11.1 Å². The highest BCUT2D eigenvalue weighted by Gasteiger charge is 2.42. The number of ether oxygens (including phenoxy) is 1. The molecule has 2 rings (SSSR count). The van der Waals surface area contributed by atoms with E-state index in [9.17, 15) is 19.2 Å². The zero-order chi connectivity index (χ0) is 15.6. The van der Waals surface area contributed by atoms with Gasteiger partial charge in [0, 0.05) is 12.3 Å². The van der Waals surface area contributed by atoms with Gasteiger partial charge in [-0.1, -0.05) is 0 Å². The van der Waals surface area contributed by atoms with Crippen LogP contribution in [-0.2, 0) is 20.9 Å². The summed E-state index contributed by atoms with van der Waals surface area (Å²) in [6.45, 7) is 1.63. The van der Waals surface area contributed by atoms with Crippen LogP contribution >= 0.6 is 0 Å². The van der Waals surface area contributed by atoms with Gasteiger partial charge in [0.15, 0.2) is 0 Å². The second-order valence-electron chi connectivity index (χ2n) is 5.12. The lowest BCUT2D eigenvalue weighted by atomic mass is 9.96. The first-order valence-electron chi connectivity index (χ1n) is 6.22. The summed E-state index contributed by atoms with van der Waals surface area (Å²) in [5.41, 5.74) is -1.85. The van der Waals surface area contributed by atoms with Crippen LogP contribution in [0.5, 0.6) is 0 Å². The van der Waals surface area contributed by atoms with Gasteiger partial charge in [-0.15, -0.1) is 0 Å². The summed E-state index contributed by atoms with van der Waals surface area (Å²) in [5.74, 6) is -1.37. The number of nitrogens with one attached hydrogen (secondary N) is 1. The Morgan fingerprint density at radius 3 is 2.67 bits per heavy atom. The first-order chi connectivity index (χ1) is 9.79. The first-order valence-corrected chi connectivity index (χ1v) is 6.22. The molecule has 114 valence electrons. The third kappa shape index (κ3) is 3.57. The third-order valence-electron chi connectivity index (χ3n) is 3.15. The van der Waals surface area contributed by atoms with E-state index in [1.54, 1.807) is 6.92 Å². The summed E-state index contributed by atoms with van der Waals surface area (Å²) >= 11 is 0. The molecule has 0 aromatic carbocycles. The molecule has 1 saturated heterocycles. The van der Waals surface area contributed by atoms with Crippen LogP contribution in [0.25, 0.3) is 0 Å².